The molecule has 1 aliphatic heterocycles. The molecule has 1 atom stereocenters. The van der Waals surface area contributed by atoms with Gasteiger partial charge >= 0.3 is 0 Å². The van der Waals surface area contributed by atoms with Gasteiger partial charge in [-0.25, -0.2) is 0 Å². The fourth-order valence-electron chi connectivity index (χ4n) is 2.80. The lowest BCUT2D eigenvalue weighted by molar-refractivity contribution is 0.0420. The minimum Gasteiger partial charge on any atom is -0.296 e. The molecule has 116 valence electrons. The Morgan fingerprint density at radius 2 is 1.62 bits per heavy atom. The van der Waals surface area contributed by atoms with Crippen molar-refractivity contribution >= 4 is 17.4 Å². The van der Waals surface area contributed by atoms with E-state index < -0.39 is 0 Å². The Kier molecular flexibility index (Phi) is 5.07. The van der Waals surface area contributed by atoms with Gasteiger partial charge in [0.1, 0.15) is 0 Å². The van der Waals surface area contributed by atoms with Crippen LogP contribution in [-0.4, -0.2) is 53.3 Å². The number of hydrogen-bond donors (Lipinski definition) is 0. The van der Waals surface area contributed by atoms with E-state index in [4.69, 9.17) is 11.6 Å². The average Bonchev–Trinajstić information content (AvgIpc) is 2.46. The third-order valence-corrected chi connectivity index (χ3v) is 4.57. The van der Waals surface area contributed by atoms with Crippen molar-refractivity contribution in [3.8, 4) is 0 Å². The molecular formula is C17H25ClN2O. The number of nitrogens with zero attached hydrogens (tertiary/aromatic N) is 2. The molecule has 3 nitrogen and oxygen atoms in total. The van der Waals surface area contributed by atoms with Crippen molar-refractivity contribution in [3.05, 3.63) is 34.9 Å². The largest absolute Gasteiger partial charge is 0.296 e. The highest BCUT2D eigenvalue weighted by molar-refractivity contribution is 6.30. The van der Waals surface area contributed by atoms with Gasteiger partial charge in [0, 0.05) is 42.3 Å². The average molecular weight is 309 g/mol. The predicted octanol–water partition coefficient (Wildman–Crippen LogP) is 3.33. The summed E-state index contributed by atoms with van der Waals surface area (Å²) >= 11 is 5.88. The van der Waals surface area contributed by atoms with Gasteiger partial charge in [0.25, 0.3) is 0 Å². The van der Waals surface area contributed by atoms with Gasteiger partial charge in [-0.05, 0) is 52.0 Å². The maximum absolute atomic E-state index is 12.5. The lowest BCUT2D eigenvalue weighted by Crippen LogP contribution is -2.56. The Bertz CT molecular complexity index is 485. The molecule has 0 saturated carbocycles. The topological polar surface area (TPSA) is 23.6 Å². The van der Waals surface area contributed by atoms with Crippen LogP contribution < -0.4 is 0 Å². The van der Waals surface area contributed by atoms with Crippen LogP contribution in [0.15, 0.2) is 24.3 Å². The van der Waals surface area contributed by atoms with Crippen molar-refractivity contribution < 1.29 is 4.79 Å². The first-order valence-electron chi connectivity index (χ1n) is 7.58. The van der Waals surface area contributed by atoms with Gasteiger partial charge in [0.05, 0.1) is 6.04 Å². The summed E-state index contributed by atoms with van der Waals surface area (Å²) in [4.78, 5) is 17.3. The fourth-order valence-corrected chi connectivity index (χ4v) is 2.93. The number of halogens is 1. The molecule has 0 bridgehead atoms. The molecule has 1 heterocycles. The minimum atomic E-state index is -0.0757. The third kappa shape index (κ3) is 4.06. The van der Waals surface area contributed by atoms with Gasteiger partial charge in [-0.1, -0.05) is 11.6 Å². The lowest BCUT2D eigenvalue weighted by Gasteiger charge is -2.43. The van der Waals surface area contributed by atoms with E-state index >= 15 is 0 Å². The first-order chi connectivity index (χ1) is 9.79. The number of carbonyl (C=O) groups is 1. The molecule has 4 heteroatoms. The number of Topliss-reactive ketones (excluding diaryl/α,β-unsaturated/α-hetero) is 1. The van der Waals surface area contributed by atoms with Gasteiger partial charge in [0.15, 0.2) is 5.78 Å². The summed E-state index contributed by atoms with van der Waals surface area (Å²) in [6.07, 6.45) is 0. The van der Waals surface area contributed by atoms with Crippen molar-refractivity contribution in [2.24, 2.45) is 0 Å². The van der Waals surface area contributed by atoms with Gasteiger partial charge in [-0.2, -0.15) is 0 Å². The van der Waals surface area contributed by atoms with E-state index in [0.29, 0.717) is 5.02 Å². The van der Waals surface area contributed by atoms with E-state index in [1.165, 1.54) is 0 Å². The highest BCUT2D eigenvalue weighted by atomic mass is 35.5. The van der Waals surface area contributed by atoms with E-state index in [0.717, 1.165) is 31.7 Å². The smallest absolute Gasteiger partial charge is 0.179 e. The van der Waals surface area contributed by atoms with Crippen LogP contribution in [0.1, 0.15) is 38.1 Å². The van der Waals surface area contributed by atoms with E-state index in [2.05, 4.69) is 30.6 Å². The van der Waals surface area contributed by atoms with Crippen LogP contribution in [0.4, 0.5) is 0 Å². The van der Waals surface area contributed by atoms with Crippen LogP contribution in [0.25, 0.3) is 0 Å². The molecule has 1 unspecified atom stereocenters. The second kappa shape index (κ2) is 6.47. The lowest BCUT2D eigenvalue weighted by atomic mass is 10.0. The molecule has 0 N–H and O–H groups in total. The molecule has 2 rings (SSSR count). The van der Waals surface area contributed by atoms with Crippen molar-refractivity contribution in [1.82, 2.24) is 9.80 Å². The Labute approximate surface area is 132 Å². The first-order valence-corrected chi connectivity index (χ1v) is 7.96. The van der Waals surface area contributed by atoms with Crippen LogP contribution in [0.3, 0.4) is 0 Å². The number of benzene rings is 1. The number of hydrogen-bond acceptors (Lipinski definition) is 3. The highest BCUT2D eigenvalue weighted by Crippen LogP contribution is 2.19. The molecule has 21 heavy (non-hydrogen) atoms. The Hall–Kier alpha value is -0.900. The summed E-state index contributed by atoms with van der Waals surface area (Å²) < 4.78 is 0. The van der Waals surface area contributed by atoms with Gasteiger partial charge in [-0.15, -0.1) is 0 Å². The molecule has 1 fully saturated rings. The third-order valence-electron chi connectivity index (χ3n) is 4.32. The van der Waals surface area contributed by atoms with Crippen molar-refractivity contribution in [2.75, 3.05) is 26.2 Å². The maximum Gasteiger partial charge on any atom is 0.179 e. The van der Waals surface area contributed by atoms with E-state index in [-0.39, 0.29) is 17.4 Å². The fraction of sp³-hybridized carbons (Fsp3) is 0.588. The second-order valence-electron chi connectivity index (χ2n) is 6.74. The zero-order valence-electron chi connectivity index (χ0n) is 13.4. The zero-order chi connectivity index (χ0) is 15.6. The summed E-state index contributed by atoms with van der Waals surface area (Å²) in [7, 11) is 0. The first kappa shape index (κ1) is 16.5. The van der Waals surface area contributed by atoms with Crippen LogP contribution in [-0.2, 0) is 0 Å². The summed E-state index contributed by atoms with van der Waals surface area (Å²) in [5.41, 5.74) is 0.945. The maximum atomic E-state index is 12.5. The highest BCUT2D eigenvalue weighted by Gasteiger charge is 2.30. The monoisotopic (exact) mass is 308 g/mol. The van der Waals surface area contributed by atoms with Crippen LogP contribution in [0, 0.1) is 0 Å². The molecule has 1 aromatic carbocycles. The van der Waals surface area contributed by atoms with Gasteiger partial charge in [0.2, 0.25) is 0 Å². The molecule has 0 spiro atoms. The Morgan fingerprint density at radius 1 is 1.10 bits per heavy atom. The molecule has 0 amide bonds. The van der Waals surface area contributed by atoms with Crippen molar-refractivity contribution in [2.45, 2.75) is 39.3 Å². The zero-order valence-corrected chi connectivity index (χ0v) is 14.2. The number of rotatable bonds is 3. The summed E-state index contributed by atoms with van der Waals surface area (Å²) in [5, 5.41) is 0.665. The predicted molar refractivity (Wildman–Crippen MR) is 88.1 cm³/mol. The minimum absolute atomic E-state index is 0.0757. The second-order valence-corrected chi connectivity index (χ2v) is 7.18. The standard InChI is InChI=1S/C17H25ClN2O/c1-13(16(21)14-5-7-15(18)8-6-14)19-9-11-20(12-10-19)17(2,3)4/h5-8,13H,9-12H2,1-4H3. The molecule has 0 radical (unpaired) electrons. The number of piperazine rings is 1. The van der Waals surface area contributed by atoms with Crippen molar-refractivity contribution in [1.29, 1.82) is 0 Å². The SMILES string of the molecule is CC(C(=O)c1ccc(Cl)cc1)N1CCN(C(C)(C)C)CC1. The van der Waals surface area contributed by atoms with Crippen LogP contribution >= 0.6 is 11.6 Å². The molecule has 1 aliphatic rings. The van der Waals surface area contributed by atoms with Gasteiger partial charge in [-0.3, -0.25) is 14.6 Å². The Balaban J connectivity index is 1.97. The van der Waals surface area contributed by atoms with Crippen molar-refractivity contribution in [3.63, 3.8) is 0 Å². The summed E-state index contributed by atoms with van der Waals surface area (Å²) in [5.74, 6) is 0.177. The summed E-state index contributed by atoms with van der Waals surface area (Å²) in [6.45, 7) is 12.6. The van der Waals surface area contributed by atoms with Gasteiger partial charge < -0.3 is 0 Å². The van der Waals surface area contributed by atoms with E-state index in [1.807, 2.05) is 19.1 Å². The number of ketones is 1. The number of carbonyl (C=O) groups excluding carboxylic acids is 1. The van der Waals surface area contributed by atoms with Crippen LogP contribution in [0.2, 0.25) is 5.02 Å². The van der Waals surface area contributed by atoms with E-state index in [9.17, 15) is 4.79 Å². The quantitative estimate of drug-likeness (QED) is 0.800. The molecule has 0 aliphatic carbocycles. The normalized spacial score (nSPS) is 19.5. The van der Waals surface area contributed by atoms with E-state index in [1.54, 1.807) is 12.1 Å². The molecule has 1 saturated heterocycles. The van der Waals surface area contributed by atoms with Crippen LogP contribution in [0.5, 0.6) is 0 Å². The summed E-state index contributed by atoms with van der Waals surface area (Å²) in [6, 6.07) is 7.10. The molecule has 0 aromatic heterocycles. The Morgan fingerprint density at radius 3 is 2.10 bits per heavy atom. The molecule has 1 aromatic rings. The molecular weight excluding hydrogens is 284 g/mol.